The van der Waals surface area contributed by atoms with Gasteiger partial charge in [-0.1, -0.05) is 96.8 Å². The van der Waals surface area contributed by atoms with E-state index in [0.29, 0.717) is 35.9 Å². The van der Waals surface area contributed by atoms with E-state index in [4.69, 9.17) is 19.4 Å². The first-order chi connectivity index (χ1) is 32.6. The van der Waals surface area contributed by atoms with E-state index >= 15 is 0 Å². The number of aromatic amines is 2. The van der Waals surface area contributed by atoms with Crippen LogP contribution in [0.25, 0.3) is 22.5 Å². The van der Waals surface area contributed by atoms with E-state index in [1.54, 1.807) is 63.7 Å². The Labute approximate surface area is 397 Å². The number of rotatable bonds is 10. The molecule has 2 saturated heterocycles. The number of H-pyrrole nitrogens is 2. The van der Waals surface area contributed by atoms with Crippen molar-refractivity contribution in [1.29, 1.82) is 0 Å². The molecule has 2 fully saturated rings. The van der Waals surface area contributed by atoms with Gasteiger partial charge < -0.3 is 39.9 Å². The van der Waals surface area contributed by atoms with Crippen molar-refractivity contribution >= 4 is 24.0 Å². The van der Waals surface area contributed by atoms with Gasteiger partial charge in [-0.05, 0) is 114 Å². The van der Waals surface area contributed by atoms with Crippen molar-refractivity contribution in [3.63, 3.8) is 0 Å². The highest BCUT2D eigenvalue weighted by atomic mass is 16.6. The molecule has 4 N–H and O–H groups in total. The third-order valence-electron chi connectivity index (χ3n) is 11.7. The van der Waals surface area contributed by atoms with E-state index in [2.05, 4.69) is 32.4 Å². The van der Waals surface area contributed by atoms with E-state index in [1.165, 1.54) is 0 Å². The van der Waals surface area contributed by atoms with Crippen LogP contribution < -0.4 is 10.6 Å². The number of amides is 4. The highest BCUT2D eigenvalue weighted by Crippen LogP contribution is 2.36. The van der Waals surface area contributed by atoms with Crippen LogP contribution in [0, 0.1) is 11.8 Å². The van der Waals surface area contributed by atoms with E-state index in [1.807, 2.05) is 109 Å². The Morgan fingerprint density at radius 2 is 0.941 bits per heavy atom. The minimum Gasteiger partial charge on any atom is -0.444 e. The van der Waals surface area contributed by atoms with Gasteiger partial charge in [-0.2, -0.15) is 0 Å². The summed E-state index contributed by atoms with van der Waals surface area (Å²) in [4.78, 5) is 73.9. The van der Waals surface area contributed by atoms with E-state index < -0.39 is 35.5 Å². The van der Waals surface area contributed by atoms with Crippen LogP contribution in [0.3, 0.4) is 0 Å². The van der Waals surface area contributed by atoms with E-state index in [-0.39, 0.29) is 23.9 Å². The summed E-state index contributed by atoms with van der Waals surface area (Å²) >= 11 is 0. The molecule has 14 nitrogen and oxygen atoms in total. The van der Waals surface area contributed by atoms with Crippen molar-refractivity contribution < 1.29 is 28.7 Å². The lowest BCUT2D eigenvalue weighted by atomic mass is 10.0. The molecular weight excluding hydrogens is 857 g/mol. The summed E-state index contributed by atoms with van der Waals surface area (Å²) in [6.07, 6.45) is 5.34. The molecule has 0 spiro atoms. The lowest BCUT2D eigenvalue weighted by molar-refractivity contribution is -0.135. The SMILES string of the molecule is CC(C)(C)OC(=O)N[C@@H](C(=O)N1CCCC1c1ncc(-c2ccc(C#Cc3ccc(-c4cnc(C5CCCN5C(=O)[C@H](NC(=O)OC(C)(C)C)c5ccccc5)[nH]4)cc3)cc2)[nH]1)c1ccccc1. The second kappa shape index (κ2) is 20.1. The number of carbonyl (C=O) groups is 4. The van der Waals surface area contributed by atoms with Crippen LogP contribution in [0.2, 0.25) is 0 Å². The molecule has 4 aromatic carbocycles. The number of aromatic nitrogens is 4. The monoisotopic (exact) mass is 914 g/mol. The zero-order valence-electron chi connectivity index (χ0n) is 39.3. The summed E-state index contributed by atoms with van der Waals surface area (Å²) in [5.41, 5.74) is 5.12. The van der Waals surface area contributed by atoms with Crippen molar-refractivity contribution in [2.45, 2.75) is 103 Å². The molecule has 68 heavy (non-hydrogen) atoms. The molecule has 14 heteroatoms. The second-order valence-corrected chi connectivity index (χ2v) is 19.1. The summed E-state index contributed by atoms with van der Waals surface area (Å²) < 4.78 is 11.0. The smallest absolute Gasteiger partial charge is 0.408 e. The Kier molecular flexibility index (Phi) is 13.8. The third-order valence-corrected chi connectivity index (χ3v) is 11.7. The van der Waals surface area contributed by atoms with Gasteiger partial charge in [0.1, 0.15) is 34.9 Å². The molecule has 2 aliphatic rings. The molecule has 4 atom stereocenters. The molecule has 4 heterocycles. The number of imidazole rings is 2. The molecule has 6 aromatic rings. The number of nitrogens with zero attached hydrogens (tertiary/aromatic N) is 4. The second-order valence-electron chi connectivity index (χ2n) is 19.1. The average molecular weight is 915 g/mol. The van der Waals surface area contributed by atoms with Crippen LogP contribution in [0.1, 0.15) is 125 Å². The summed E-state index contributed by atoms with van der Waals surface area (Å²) in [7, 11) is 0. The maximum absolute atomic E-state index is 14.1. The molecular formula is C54H58N8O6. The van der Waals surface area contributed by atoms with Crippen LogP contribution in [0.5, 0.6) is 0 Å². The van der Waals surface area contributed by atoms with Gasteiger partial charge in [-0.15, -0.1) is 0 Å². The zero-order valence-corrected chi connectivity index (χ0v) is 39.3. The fourth-order valence-electron chi connectivity index (χ4n) is 8.59. The fraction of sp³-hybridized carbons (Fsp3) is 0.333. The molecule has 2 aromatic heterocycles. The van der Waals surface area contributed by atoms with Crippen LogP contribution >= 0.6 is 0 Å². The molecule has 0 aliphatic carbocycles. The normalized spacial score (nSPS) is 16.9. The largest absolute Gasteiger partial charge is 0.444 e. The Morgan fingerprint density at radius 3 is 1.29 bits per heavy atom. The minimum atomic E-state index is -0.913. The highest BCUT2D eigenvalue weighted by molar-refractivity contribution is 5.88. The quantitative estimate of drug-likeness (QED) is 0.0983. The van der Waals surface area contributed by atoms with Crippen molar-refractivity contribution in [3.05, 3.63) is 155 Å². The first-order valence-electron chi connectivity index (χ1n) is 23.1. The third kappa shape index (κ3) is 11.5. The Balaban J connectivity index is 0.898. The number of alkyl carbamates (subject to hydrolysis) is 2. The molecule has 2 unspecified atom stereocenters. The lowest BCUT2D eigenvalue weighted by Crippen LogP contribution is -2.44. The molecule has 0 radical (unpaired) electrons. The summed E-state index contributed by atoms with van der Waals surface area (Å²) in [5, 5.41) is 5.63. The number of ether oxygens (including phenoxy) is 2. The van der Waals surface area contributed by atoms with Gasteiger partial charge >= 0.3 is 12.2 Å². The zero-order chi connectivity index (χ0) is 48.0. The highest BCUT2D eigenvalue weighted by Gasteiger charge is 2.39. The summed E-state index contributed by atoms with van der Waals surface area (Å²) in [5.74, 6) is 7.46. The number of carbonyl (C=O) groups excluding carboxylic acids is 4. The van der Waals surface area contributed by atoms with E-state index in [0.717, 1.165) is 59.3 Å². The standard InChI is InChI=1S/C54H58N8O6/c1-53(2,3)67-51(65)59-45(39-15-9-7-10-16-39)49(63)61-31-13-19-43(61)47-55-33-41(57-47)37-27-23-35(24-28-37)21-22-36-25-29-38(30-26-36)42-34-56-48(58-42)44-20-14-32-62(44)50(64)46(40-17-11-8-12-18-40)60-52(66)68-54(4,5)6/h7-12,15-18,23-30,33-34,43-46H,13-14,19-20,31-32H2,1-6H3,(H,55,57)(H,56,58)(H,59,65)(H,60,66)/t43?,44?,45-,46-/m1/s1. The van der Waals surface area contributed by atoms with Crippen molar-refractivity contribution in [1.82, 2.24) is 40.4 Å². The topological polar surface area (TPSA) is 175 Å². The van der Waals surface area contributed by atoms with Gasteiger partial charge in [0.15, 0.2) is 0 Å². The van der Waals surface area contributed by atoms with Crippen molar-refractivity contribution in [2.75, 3.05) is 13.1 Å². The first kappa shape index (κ1) is 46.9. The van der Waals surface area contributed by atoms with Gasteiger partial charge in [0.25, 0.3) is 11.8 Å². The molecule has 4 amide bonds. The minimum absolute atomic E-state index is 0.220. The summed E-state index contributed by atoms with van der Waals surface area (Å²) in [6, 6.07) is 31.9. The van der Waals surface area contributed by atoms with Gasteiger partial charge in [0, 0.05) is 24.2 Å². The predicted molar refractivity (Wildman–Crippen MR) is 259 cm³/mol. The number of hydrogen-bond donors (Lipinski definition) is 4. The lowest BCUT2D eigenvalue weighted by Gasteiger charge is -2.29. The number of likely N-dealkylation sites (tertiary alicyclic amines) is 2. The molecule has 0 saturated carbocycles. The Morgan fingerprint density at radius 1 is 0.574 bits per heavy atom. The van der Waals surface area contributed by atoms with Crippen LogP contribution in [-0.2, 0) is 19.1 Å². The van der Waals surface area contributed by atoms with Crippen molar-refractivity contribution in [3.8, 4) is 34.4 Å². The maximum atomic E-state index is 14.1. The first-order valence-corrected chi connectivity index (χ1v) is 23.1. The fourth-order valence-corrected chi connectivity index (χ4v) is 8.59. The van der Waals surface area contributed by atoms with Crippen LogP contribution in [0.15, 0.2) is 122 Å². The molecule has 2 aliphatic heterocycles. The number of benzene rings is 4. The van der Waals surface area contributed by atoms with E-state index in [9.17, 15) is 19.2 Å². The van der Waals surface area contributed by atoms with Crippen LogP contribution in [0.4, 0.5) is 9.59 Å². The summed E-state index contributed by atoms with van der Waals surface area (Å²) in [6.45, 7) is 11.8. The van der Waals surface area contributed by atoms with Gasteiger partial charge in [0.05, 0.1) is 35.9 Å². The average Bonchev–Trinajstić information content (AvgIpc) is 4.16. The van der Waals surface area contributed by atoms with Crippen molar-refractivity contribution in [2.24, 2.45) is 0 Å². The maximum Gasteiger partial charge on any atom is 0.408 e. The predicted octanol–water partition coefficient (Wildman–Crippen LogP) is 9.73. The molecule has 0 bridgehead atoms. The molecule has 8 rings (SSSR count). The van der Waals surface area contributed by atoms with Crippen LogP contribution in [-0.4, -0.2) is 78.0 Å². The van der Waals surface area contributed by atoms with Gasteiger partial charge in [-0.3, -0.25) is 9.59 Å². The number of hydrogen-bond acceptors (Lipinski definition) is 8. The van der Waals surface area contributed by atoms with Gasteiger partial charge in [-0.25, -0.2) is 19.6 Å². The molecule has 350 valence electrons. The Hall–Kier alpha value is -7.66. The van der Waals surface area contributed by atoms with Gasteiger partial charge in [0.2, 0.25) is 0 Å². The Bertz CT molecular complexity index is 2590. The number of nitrogens with one attached hydrogen (secondary N) is 4.